The first-order valence-corrected chi connectivity index (χ1v) is 8.23. The lowest BCUT2D eigenvalue weighted by Gasteiger charge is -2.26. The Balaban J connectivity index is 2.41. The Kier molecular flexibility index (Phi) is 6.26. The molecule has 7 heteroatoms. The quantitative estimate of drug-likeness (QED) is 0.577. The summed E-state index contributed by atoms with van der Waals surface area (Å²) in [7, 11) is 5.41. The fourth-order valence-electron chi connectivity index (χ4n) is 2.58. The van der Waals surface area contributed by atoms with Crippen LogP contribution >= 0.6 is 0 Å². The van der Waals surface area contributed by atoms with E-state index in [1.165, 1.54) is 0 Å². The van der Waals surface area contributed by atoms with Gasteiger partial charge in [-0.05, 0) is 37.6 Å². The minimum atomic E-state index is -0.576. The van der Waals surface area contributed by atoms with Crippen LogP contribution in [0, 0.1) is 11.3 Å². The Morgan fingerprint density at radius 3 is 2.38 bits per heavy atom. The van der Waals surface area contributed by atoms with E-state index in [-0.39, 0.29) is 17.8 Å². The molecule has 1 aliphatic rings. The summed E-state index contributed by atoms with van der Waals surface area (Å²) in [6.07, 6.45) is 0.497. The van der Waals surface area contributed by atoms with Crippen LogP contribution in [0.4, 0.5) is 11.4 Å². The highest BCUT2D eigenvalue weighted by Gasteiger charge is 2.36. The van der Waals surface area contributed by atoms with Gasteiger partial charge in [-0.1, -0.05) is 0 Å². The van der Waals surface area contributed by atoms with Gasteiger partial charge in [0.15, 0.2) is 0 Å². The maximum atomic E-state index is 12.8. The standard InChI is InChI=1S/C19H22N4O3/c1-13-16(12-20)18(24)23(10-5-11-26-4)19(25)17(13)21-14-6-8-15(9-7-14)22(2)3/h6-9H,5,10-11H2,1-4H3. The van der Waals surface area contributed by atoms with Crippen LogP contribution in [0.2, 0.25) is 0 Å². The lowest BCUT2D eigenvalue weighted by atomic mass is 9.98. The second-order valence-corrected chi connectivity index (χ2v) is 6.09. The van der Waals surface area contributed by atoms with E-state index in [4.69, 9.17) is 4.74 Å². The molecule has 1 aliphatic heterocycles. The average molecular weight is 354 g/mol. The highest BCUT2D eigenvalue weighted by Crippen LogP contribution is 2.23. The molecule has 0 radical (unpaired) electrons. The van der Waals surface area contributed by atoms with Gasteiger partial charge in [-0.3, -0.25) is 14.5 Å². The Morgan fingerprint density at radius 1 is 1.19 bits per heavy atom. The van der Waals surface area contributed by atoms with Gasteiger partial charge in [0.1, 0.15) is 17.4 Å². The summed E-state index contributed by atoms with van der Waals surface area (Å²) in [5.74, 6) is -1.06. The number of amides is 2. The first-order chi connectivity index (χ1) is 12.4. The van der Waals surface area contributed by atoms with Crippen molar-refractivity contribution in [3.05, 3.63) is 35.4 Å². The number of nitriles is 1. The molecule has 26 heavy (non-hydrogen) atoms. The van der Waals surface area contributed by atoms with Gasteiger partial charge in [-0.25, -0.2) is 4.99 Å². The highest BCUT2D eigenvalue weighted by molar-refractivity contribution is 6.51. The van der Waals surface area contributed by atoms with Gasteiger partial charge < -0.3 is 9.64 Å². The van der Waals surface area contributed by atoms with Crippen molar-refractivity contribution in [3.63, 3.8) is 0 Å². The molecule has 0 unspecified atom stereocenters. The summed E-state index contributed by atoms with van der Waals surface area (Å²) in [5.41, 5.74) is 1.97. The first kappa shape index (κ1) is 19.3. The molecule has 1 aromatic carbocycles. The van der Waals surface area contributed by atoms with Crippen molar-refractivity contribution in [1.29, 1.82) is 5.26 Å². The summed E-state index contributed by atoms with van der Waals surface area (Å²) in [6, 6.07) is 9.26. The van der Waals surface area contributed by atoms with Crippen molar-refractivity contribution in [2.75, 3.05) is 39.3 Å². The third kappa shape index (κ3) is 3.98. The number of carbonyl (C=O) groups is 2. The molecular weight excluding hydrogens is 332 g/mol. The normalized spacial score (nSPS) is 16.3. The number of carbonyl (C=O) groups excluding carboxylic acids is 2. The number of methoxy groups -OCH3 is 1. The van der Waals surface area contributed by atoms with Crippen molar-refractivity contribution < 1.29 is 14.3 Å². The van der Waals surface area contributed by atoms with E-state index in [2.05, 4.69) is 4.99 Å². The Labute approximate surface area is 153 Å². The van der Waals surface area contributed by atoms with Crippen LogP contribution in [0.3, 0.4) is 0 Å². The van der Waals surface area contributed by atoms with Gasteiger partial charge in [0.25, 0.3) is 11.8 Å². The zero-order valence-corrected chi connectivity index (χ0v) is 15.4. The molecule has 0 fully saturated rings. The van der Waals surface area contributed by atoms with Crippen LogP contribution < -0.4 is 4.90 Å². The summed E-state index contributed by atoms with van der Waals surface area (Å²) in [4.78, 5) is 32.6. The summed E-state index contributed by atoms with van der Waals surface area (Å²) >= 11 is 0. The highest BCUT2D eigenvalue weighted by atomic mass is 16.5. The van der Waals surface area contributed by atoms with E-state index >= 15 is 0 Å². The topological polar surface area (TPSA) is 86.0 Å². The molecule has 0 atom stereocenters. The molecule has 2 amide bonds. The largest absolute Gasteiger partial charge is 0.385 e. The molecule has 0 aliphatic carbocycles. The average Bonchev–Trinajstić information content (AvgIpc) is 2.62. The van der Waals surface area contributed by atoms with Gasteiger partial charge in [-0.15, -0.1) is 0 Å². The molecule has 1 aromatic rings. The van der Waals surface area contributed by atoms with Gasteiger partial charge >= 0.3 is 0 Å². The minimum Gasteiger partial charge on any atom is -0.385 e. The molecule has 1 heterocycles. The molecule has 0 spiro atoms. The van der Waals surface area contributed by atoms with Crippen LogP contribution in [-0.4, -0.2) is 56.8 Å². The van der Waals surface area contributed by atoms with Gasteiger partial charge in [0.05, 0.1) is 5.69 Å². The lowest BCUT2D eigenvalue weighted by Crippen LogP contribution is -2.47. The van der Waals surface area contributed by atoms with Crippen LogP contribution in [0.5, 0.6) is 0 Å². The van der Waals surface area contributed by atoms with E-state index in [9.17, 15) is 14.9 Å². The third-order valence-electron chi connectivity index (χ3n) is 4.09. The third-order valence-corrected chi connectivity index (χ3v) is 4.09. The molecule has 2 rings (SSSR count). The predicted molar refractivity (Wildman–Crippen MR) is 99.4 cm³/mol. The Bertz CT molecular complexity index is 801. The van der Waals surface area contributed by atoms with Crippen molar-refractivity contribution in [3.8, 4) is 6.07 Å². The molecule has 0 saturated heterocycles. The zero-order valence-electron chi connectivity index (χ0n) is 15.4. The second-order valence-electron chi connectivity index (χ2n) is 6.09. The van der Waals surface area contributed by atoms with Crippen LogP contribution in [0.25, 0.3) is 0 Å². The smallest absolute Gasteiger partial charge is 0.279 e. The zero-order chi connectivity index (χ0) is 19.3. The number of benzene rings is 1. The molecule has 0 aromatic heterocycles. The van der Waals surface area contributed by atoms with E-state index < -0.39 is 11.8 Å². The fourth-order valence-corrected chi connectivity index (χ4v) is 2.58. The molecule has 0 N–H and O–H groups in total. The maximum absolute atomic E-state index is 12.8. The van der Waals surface area contributed by atoms with E-state index in [1.54, 1.807) is 26.2 Å². The summed E-state index contributed by atoms with van der Waals surface area (Å²) in [5, 5.41) is 9.34. The number of hydrogen-bond donors (Lipinski definition) is 0. The van der Waals surface area contributed by atoms with Crippen molar-refractivity contribution in [2.24, 2.45) is 4.99 Å². The number of imide groups is 1. The number of hydrogen-bond acceptors (Lipinski definition) is 6. The van der Waals surface area contributed by atoms with E-state index in [0.717, 1.165) is 10.6 Å². The molecular formula is C19H22N4O3. The number of nitrogens with zero attached hydrogens (tertiary/aromatic N) is 4. The monoisotopic (exact) mass is 354 g/mol. The number of ether oxygens (including phenoxy) is 1. The van der Waals surface area contributed by atoms with Crippen molar-refractivity contribution in [2.45, 2.75) is 13.3 Å². The summed E-state index contributed by atoms with van der Waals surface area (Å²) < 4.78 is 4.97. The summed E-state index contributed by atoms with van der Waals surface area (Å²) in [6.45, 7) is 2.18. The number of rotatable bonds is 6. The molecule has 7 nitrogen and oxygen atoms in total. The van der Waals surface area contributed by atoms with Crippen LogP contribution in [-0.2, 0) is 14.3 Å². The Morgan fingerprint density at radius 2 is 1.85 bits per heavy atom. The first-order valence-electron chi connectivity index (χ1n) is 8.23. The predicted octanol–water partition coefficient (Wildman–Crippen LogP) is 2.07. The maximum Gasteiger partial charge on any atom is 0.279 e. The van der Waals surface area contributed by atoms with E-state index in [0.29, 0.717) is 24.3 Å². The lowest BCUT2D eigenvalue weighted by molar-refractivity contribution is -0.138. The van der Waals surface area contributed by atoms with Crippen molar-refractivity contribution in [1.82, 2.24) is 4.90 Å². The van der Waals surface area contributed by atoms with Gasteiger partial charge in [-0.2, -0.15) is 5.26 Å². The second kappa shape index (κ2) is 8.41. The van der Waals surface area contributed by atoms with Crippen LogP contribution in [0.15, 0.2) is 40.4 Å². The minimum absolute atomic E-state index is 0.0503. The van der Waals surface area contributed by atoms with Gasteiger partial charge in [0, 0.05) is 45.6 Å². The van der Waals surface area contributed by atoms with Crippen LogP contribution in [0.1, 0.15) is 13.3 Å². The number of aliphatic imine (C=N–C) groups is 1. The molecule has 0 bridgehead atoms. The molecule has 0 saturated carbocycles. The van der Waals surface area contributed by atoms with Crippen molar-refractivity contribution >= 4 is 28.9 Å². The van der Waals surface area contributed by atoms with Gasteiger partial charge in [0.2, 0.25) is 0 Å². The Hall–Kier alpha value is -2.98. The fraction of sp³-hybridized carbons (Fsp3) is 0.368. The molecule has 136 valence electrons. The van der Waals surface area contributed by atoms with E-state index in [1.807, 2.05) is 37.2 Å². The number of anilines is 1. The SMILES string of the molecule is COCCCN1C(=O)C(=Nc2ccc(N(C)C)cc2)C(C)=C(C#N)C1=O.